The van der Waals surface area contributed by atoms with Crippen molar-refractivity contribution in [1.29, 1.82) is 0 Å². The molecule has 0 radical (unpaired) electrons. The average molecular weight is 1290 g/mol. The number of unbranched alkanes of at least 4 members (excludes halogenated alkanes) is 1. The molecular weight excluding hydrogens is 1210 g/mol. The van der Waals surface area contributed by atoms with Gasteiger partial charge in [-0.25, -0.2) is 14.4 Å². The molecule has 0 saturated heterocycles. The average Bonchev–Trinajstić information content (AvgIpc) is 0.772. The number of carbonyl (C=O) groups is 8. The molecule has 3 atom stereocenters. The van der Waals surface area contributed by atoms with Crippen LogP contribution in [0.15, 0.2) is 243 Å². The highest BCUT2D eigenvalue weighted by atomic mass is 32.2. The maximum atomic E-state index is 14.5. The number of ether oxygens (including phenoxy) is 3. The third-order valence-corrected chi connectivity index (χ3v) is 18.3. The summed E-state index contributed by atoms with van der Waals surface area (Å²) in [6, 6.07) is 73.4. The minimum atomic E-state index is -1.27. The highest BCUT2D eigenvalue weighted by Crippen LogP contribution is 2.50. The largest absolute Gasteiger partial charge is 0.467 e. The third-order valence-electron chi connectivity index (χ3n) is 15.0. The summed E-state index contributed by atoms with van der Waals surface area (Å²) in [4.78, 5) is 109. The van der Waals surface area contributed by atoms with Crippen molar-refractivity contribution in [3.63, 3.8) is 0 Å². The monoisotopic (exact) mass is 1290 g/mol. The van der Waals surface area contributed by atoms with Gasteiger partial charge < -0.3 is 51.4 Å². The Labute approximate surface area is 550 Å². The number of hydrogen-bond donors (Lipinski definition) is 7. The van der Waals surface area contributed by atoms with Crippen LogP contribution in [0.1, 0.15) is 63.8 Å². The van der Waals surface area contributed by atoms with E-state index in [-0.39, 0.29) is 37.7 Å². The molecule has 480 valence electrons. The first kappa shape index (κ1) is 68.7. The molecule has 8 rings (SSSR count). The lowest BCUT2D eigenvalue weighted by Gasteiger charge is -2.36. The first-order valence-electron chi connectivity index (χ1n) is 30.4. The molecule has 0 aliphatic heterocycles. The van der Waals surface area contributed by atoms with E-state index in [1.165, 1.54) is 30.6 Å². The van der Waals surface area contributed by atoms with Crippen LogP contribution >= 0.6 is 23.5 Å². The number of alkyl carbamates (subject to hydrolysis) is 2. The number of rotatable bonds is 33. The highest BCUT2D eigenvalue weighted by molar-refractivity contribution is 8.01. The summed E-state index contributed by atoms with van der Waals surface area (Å²) in [5.41, 5.74) is 7.08. The van der Waals surface area contributed by atoms with Crippen LogP contribution in [0, 0.1) is 0 Å². The van der Waals surface area contributed by atoms with Gasteiger partial charge in [0.15, 0.2) is 0 Å². The van der Waals surface area contributed by atoms with E-state index in [2.05, 4.69) is 37.2 Å². The van der Waals surface area contributed by atoms with Crippen LogP contribution < -0.4 is 37.2 Å². The standard InChI is InChI=1S/C73H75N7O11S2/c1-89-69(86)63(52-93-73(58-38-20-7-21-39-58,59-40-22-8-23-41-59)60-42-24-9-25-43-60)79-65(82)47-75-64(81)46-76-67(84)61(44-26-27-45-74-70(87)90-49-53-28-10-2-11-29-53)78-66(83)48-77-68(85)62(80-71(88)91-50-54-30-12-3-13-31-54)51-92-72(55-32-14-4-15-33-55,56-34-16-5-17-35-56)57-36-18-6-19-37-57/h2-25,28-43,61-63H,26-27,44-52H2,1H3,(H,74,87)(H,75,81)(H,76,84)(H,77,85)(H,78,83)(H,79,82)(H,80,88). The lowest BCUT2D eigenvalue weighted by molar-refractivity contribution is -0.144. The van der Waals surface area contributed by atoms with Crippen LogP contribution in [0.4, 0.5) is 9.59 Å². The second-order valence-corrected chi connectivity index (χ2v) is 23.9. The Morgan fingerprint density at radius 2 is 0.699 bits per heavy atom. The zero-order valence-electron chi connectivity index (χ0n) is 51.4. The Morgan fingerprint density at radius 3 is 1.10 bits per heavy atom. The van der Waals surface area contributed by atoms with Crippen LogP contribution in [0.5, 0.6) is 0 Å². The molecule has 0 aromatic heterocycles. The molecule has 0 saturated carbocycles. The normalized spacial score (nSPS) is 12.1. The fraction of sp³-hybridized carbons (Fsp3) is 0.233. The molecule has 7 amide bonds. The minimum Gasteiger partial charge on any atom is -0.467 e. The van der Waals surface area contributed by atoms with Crippen LogP contribution in [-0.2, 0) is 65.7 Å². The molecule has 0 spiro atoms. The summed E-state index contributed by atoms with van der Waals surface area (Å²) in [5.74, 6) is -4.38. The van der Waals surface area contributed by atoms with Gasteiger partial charge in [0.25, 0.3) is 0 Å². The summed E-state index contributed by atoms with van der Waals surface area (Å²) >= 11 is 2.85. The second kappa shape index (κ2) is 36.0. The molecule has 7 N–H and O–H groups in total. The maximum Gasteiger partial charge on any atom is 0.408 e. The molecule has 0 aliphatic rings. The van der Waals surface area contributed by atoms with Crippen molar-refractivity contribution in [2.24, 2.45) is 0 Å². The number of methoxy groups -OCH3 is 1. The van der Waals surface area contributed by atoms with Crippen molar-refractivity contribution in [1.82, 2.24) is 37.2 Å². The number of esters is 1. The molecular formula is C73H75N7O11S2. The highest BCUT2D eigenvalue weighted by Gasteiger charge is 2.41. The SMILES string of the molecule is COC(=O)C(CSC(c1ccccc1)(c1ccccc1)c1ccccc1)NC(=O)CNC(=O)CNC(=O)C(CCCCNC(=O)OCc1ccccc1)NC(=O)CNC(=O)C(CSC(c1ccccc1)(c1ccccc1)c1ccccc1)NC(=O)OCc1ccccc1. The Balaban J connectivity index is 0.919. The van der Waals surface area contributed by atoms with Gasteiger partial charge in [-0.05, 0) is 63.8 Å². The predicted molar refractivity (Wildman–Crippen MR) is 360 cm³/mol. The quantitative estimate of drug-likeness (QED) is 0.00878. The molecule has 20 heteroatoms. The molecule has 8 aromatic rings. The molecule has 0 aliphatic carbocycles. The van der Waals surface area contributed by atoms with Gasteiger partial charge in [0.05, 0.1) is 36.2 Å². The van der Waals surface area contributed by atoms with Gasteiger partial charge in [-0.3, -0.25) is 24.0 Å². The van der Waals surface area contributed by atoms with Crippen molar-refractivity contribution in [2.45, 2.75) is 60.1 Å². The van der Waals surface area contributed by atoms with E-state index in [1.54, 1.807) is 12.1 Å². The predicted octanol–water partition coefficient (Wildman–Crippen LogP) is 9.32. The number of thioether (sulfide) groups is 2. The Hall–Kier alpha value is -10.2. The van der Waals surface area contributed by atoms with Crippen LogP contribution in [0.25, 0.3) is 0 Å². The van der Waals surface area contributed by atoms with E-state index in [9.17, 15) is 38.4 Å². The fourth-order valence-electron chi connectivity index (χ4n) is 10.4. The molecule has 0 fully saturated rings. The third kappa shape index (κ3) is 20.2. The molecule has 0 heterocycles. The molecule has 18 nitrogen and oxygen atoms in total. The number of benzene rings is 8. The summed E-state index contributed by atoms with van der Waals surface area (Å²) in [6.07, 6.45) is -0.848. The van der Waals surface area contributed by atoms with Crippen molar-refractivity contribution >= 4 is 71.2 Å². The molecule has 3 unspecified atom stereocenters. The van der Waals surface area contributed by atoms with Crippen molar-refractivity contribution in [2.75, 3.05) is 44.8 Å². The number of amides is 7. The van der Waals surface area contributed by atoms with Gasteiger partial charge in [0.1, 0.15) is 31.3 Å². The van der Waals surface area contributed by atoms with Crippen molar-refractivity contribution in [3.8, 4) is 0 Å². The lowest BCUT2D eigenvalue weighted by Crippen LogP contribution is -2.54. The number of carbonyl (C=O) groups excluding carboxylic acids is 8. The van der Waals surface area contributed by atoms with E-state index < -0.39 is 94.9 Å². The topological polar surface area (TPSA) is 248 Å². The van der Waals surface area contributed by atoms with E-state index in [0.29, 0.717) is 12.8 Å². The van der Waals surface area contributed by atoms with Crippen molar-refractivity contribution in [3.05, 3.63) is 287 Å². The molecule has 93 heavy (non-hydrogen) atoms. The van der Waals surface area contributed by atoms with Gasteiger partial charge in [-0.1, -0.05) is 243 Å². The van der Waals surface area contributed by atoms with E-state index >= 15 is 0 Å². The molecule has 8 aromatic carbocycles. The van der Waals surface area contributed by atoms with Crippen molar-refractivity contribution < 1.29 is 52.6 Å². The Kier molecular flexibility index (Phi) is 26.6. The van der Waals surface area contributed by atoms with Gasteiger partial charge >= 0.3 is 18.2 Å². The van der Waals surface area contributed by atoms with Gasteiger partial charge in [-0.15, -0.1) is 23.5 Å². The number of nitrogens with one attached hydrogen (secondary N) is 7. The summed E-state index contributed by atoms with van der Waals surface area (Å²) < 4.78 is 14.3. The summed E-state index contributed by atoms with van der Waals surface area (Å²) in [7, 11) is 1.22. The lowest BCUT2D eigenvalue weighted by atomic mass is 9.84. The number of hydrogen-bond acceptors (Lipinski definition) is 13. The zero-order chi connectivity index (χ0) is 65.5. The summed E-state index contributed by atoms with van der Waals surface area (Å²) in [5, 5.41) is 18.5. The second-order valence-electron chi connectivity index (χ2n) is 21.4. The molecule has 0 bridgehead atoms. The minimum absolute atomic E-state index is 0.0149. The van der Waals surface area contributed by atoms with E-state index in [4.69, 9.17) is 14.2 Å². The van der Waals surface area contributed by atoms with Gasteiger partial charge in [0.2, 0.25) is 29.5 Å². The Morgan fingerprint density at radius 1 is 0.366 bits per heavy atom. The Bertz CT molecular complexity index is 3470. The zero-order valence-corrected chi connectivity index (χ0v) is 53.0. The van der Waals surface area contributed by atoms with Crippen LogP contribution in [-0.4, -0.2) is 111 Å². The smallest absolute Gasteiger partial charge is 0.408 e. The van der Waals surface area contributed by atoms with Gasteiger partial charge in [-0.2, -0.15) is 0 Å². The van der Waals surface area contributed by atoms with E-state index in [1.807, 2.05) is 231 Å². The maximum absolute atomic E-state index is 14.5. The first-order chi connectivity index (χ1) is 45.4. The summed E-state index contributed by atoms with van der Waals surface area (Å²) in [6.45, 7) is -1.66. The fourth-order valence-corrected chi connectivity index (χ4v) is 13.5. The first-order valence-corrected chi connectivity index (χ1v) is 32.4. The van der Waals surface area contributed by atoms with Crippen LogP contribution in [0.2, 0.25) is 0 Å². The van der Waals surface area contributed by atoms with Gasteiger partial charge in [0, 0.05) is 18.1 Å². The van der Waals surface area contributed by atoms with E-state index in [0.717, 1.165) is 44.5 Å². The van der Waals surface area contributed by atoms with Crippen LogP contribution in [0.3, 0.4) is 0 Å².